The summed E-state index contributed by atoms with van der Waals surface area (Å²) in [5.41, 5.74) is 2.46. The molecule has 1 aliphatic rings. The van der Waals surface area contributed by atoms with Crippen LogP contribution in [0, 0.1) is 5.82 Å². The van der Waals surface area contributed by atoms with E-state index in [-0.39, 0.29) is 11.7 Å². The lowest BCUT2D eigenvalue weighted by Gasteiger charge is -2.23. The topological polar surface area (TPSA) is 61.4 Å². The van der Waals surface area contributed by atoms with Crippen molar-refractivity contribution in [3.63, 3.8) is 0 Å². The molecule has 1 saturated heterocycles. The molecule has 0 aliphatic carbocycles. The van der Waals surface area contributed by atoms with E-state index in [0.29, 0.717) is 46.3 Å². The quantitative estimate of drug-likeness (QED) is 0.365. The van der Waals surface area contributed by atoms with E-state index in [1.807, 2.05) is 0 Å². The maximum atomic E-state index is 14.8. The Balaban J connectivity index is 2.00. The second-order valence-electron chi connectivity index (χ2n) is 7.42. The molecule has 0 unspecified atom stereocenters. The van der Waals surface area contributed by atoms with E-state index in [1.165, 1.54) is 12.1 Å². The molecule has 0 bridgehead atoms. The highest BCUT2D eigenvalue weighted by atomic mass is 19.1. The van der Waals surface area contributed by atoms with Gasteiger partial charge in [0.05, 0.1) is 35.4 Å². The average Bonchev–Trinajstić information content (AvgIpc) is 3.02. The van der Waals surface area contributed by atoms with E-state index >= 15 is 0 Å². The molecule has 1 aromatic carbocycles. The molecule has 4 rings (SSSR count). The minimum atomic E-state index is -0.756. The fraction of sp³-hybridized carbons (Fsp3) is 0.318. The highest BCUT2D eigenvalue weighted by Crippen LogP contribution is 2.31. The molecule has 1 atom stereocenters. The number of rotatable bonds is 4. The van der Waals surface area contributed by atoms with Gasteiger partial charge >= 0.3 is 5.69 Å². The maximum Gasteiger partial charge on any atom is 0.329 e. The van der Waals surface area contributed by atoms with Gasteiger partial charge < -0.3 is 4.74 Å². The van der Waals surface area contributed by atoms with Gasteiger partial charge in [-0.2, -0.15) is 4.39 Å². The molecule has 0 N–H and O–H groups in total. The number of allylic oxidation sites excluding steroid dienone is 3. The molecule has 2 aromatic heterocycles. The number of pyridine rings is 1. The van der Waals surface area contributed by atoms with Gasteiger partial charge in [-0.25, -0.2) is 14.2 Å². The Morgan fingerprint density at radius 1 is 1.40 bits per heavy atom. The van der Waals surface area contributed by atoms with Crippen LogP contribution in [0.25, 0.3) is 27.5 Å². The summed E-state index contributed by atoms with van der Waals surface area (Å²) in [4.78, 5) is 20.6. The highest BCUT2D eigenvalue weighted by molar-refractivity contribution is 6.03. The van der Waals surface area contributed by atoms with Crippen molar-refractivity contribution in [2.24, 2.45) is 12.0 Å². The number of aryl methyl sites for hydroxylation is 1. The first-order valence-electron chi connectivity index (χ1n) is 9.70. The first-order valence-corrected chi connectivity index (χ1v) is 9.70. The van der Waals surface area contributed by atoms with Crippen LogP contribution in [0.2, 0.25) is 0 Å². The van der Waals surface area contributed by atoms with Gasteiger partial charge in [-0.05, 0) is 44.2 Å². The summed E-state index contributed by atoms with van der Waals surface area (Å²) in [5, 5.41) is 0.659. The minimum Gasteiger partial charge on any atom is -0.379 e. The number of aromatic nitrogens is 3. The third kappa shape index (κ3) is 3.37. The van der Waals surface area contributed by atoms with E-state index in [1.54, 1.807) is 35.4 Å². The Bertz CT molecular complexity index is 1260. The number of benzene rings is 1. The number of halogens is 2. The lowest BCUT2D eigenvalue weighted by Crippen LogP contribution is -2.31. The molecule has 0 radical (unpaired) electrons. The van der Waals surface area contributed by atoms with Crippen LogP contribution in [0.1, 0.15) is 31.4 Å². The van der Waals surface area contributed by atoms with Crippen molar-refractivity contribution in [1.82, 2.24) is 14.1 Å². The Kier molecular flexibility index (Phi) is 5.34. The number of hydrogen-bond donors (Lipinski definition) is 0. The van der Waals surface area contributed by atoms with Gasteiger partial charge in [0.25, 0.3) is 0 Å². The van der Waals surface area contributed by atoms with Crippen LogP contribution in [0.4, 0.5) is 8.78 Å². The Labute approximate surface area is 171 Å². The predicted molar refractivity (Wildman–Crippen MR) is 114 cm³/mol. The van der Waals surface area contributed by atoms with Crippen molar-refractivity contribution in [2.45, 2.75) is 25.8 Å². The number of nitrogens with zero attached hydrogens (tertiary/aromatic N) is 4. The fourth-order valence-electron chi connectivity index (χ4n) is 3.95. The van der Waals surface area contributed by atoms with Gasteiger partial charge in [-0.15, -0.1) is 0 Å². The molecule has 0 spiro atoms. The van der Waals surface area contributed by atoms with Crippen molar-refractivity contribution in [1.29, 1.82) is 0 Å². The number of hydrogen-bond acceptors (Lipinski definition) is 4. The Morgan fingerprint density at radius 2 is 2.20 bits per heavy atom. The summed E-state index contributed by atoms with van der Waals surface area (Å²) >= 11 is 0. The van der Waals surface area contributed by atoms with Gasteiger partial charge in [-0.1, -0.05) is 6.08 Å². The van der Waals surface area contributed by atoms with Crippen molar-refractivity contribution < 1.29 is 13.5 Å². The molecule has 3 heterocycles. The van der Waals surface area contributed by atoms with E-state index < -0.39 is 11.8 Å². The summed E-state index contributed by atoms with van der Waals surface area (Å²) in [7, 11) is 1.70. The summed E-state index contributed by atoms with van der Waals surface area (Å²) < 4.78 is 37.0. The van der Waals surface area contributed by atoms with Crippen LogP contribution in [0.5, 0.6) is 0 Å². The van der Waals surface area contributed by atoms with E-state index in [2.05, 4.69) is 16.7 Å². The SMILES string of the molecule is C=N/C(F)=C\C=C(/C)c1cc2c(cc1F)ncc1c2n([C@H]2CCCOC2)c(=O)n1C. The fourth-order valence-corrected chi connectivity index (χ4v) is 3.95. The molecule has 6 nitrogen and oxygen atoms in total. The monoisotopic (exact) mass is 412 g/mol. The van der Waals surface area contributed by atoms with E-state index in [0.717, 1.165) is 18.9 Å². The lowest BCUT2D eigenvalue weighted by atomic mass is 10.0. The Morgan fingerprint density at radius 3 is 2.90 bits per heavy atom. The first kappa shape index (κ1) is 20.2. The molecular formula is C22H22F2N4O2. The van der Waals surface area contributed by atoms with E-state index in [9.17, 15) is 13.6 Å². The van der Waals surface area contributed by atoms with Gasteiger partial charge in [0.2, 0.25) is 5.95 Å². The predicted octanol–water partition coefficient (Wildman–Crippen LogP) is 4.29. The number of fused-ring (bicyclic) bond motifs is 3. The van der Waals surface area contributed by atoms with Gasteiger partial charge in [0.15, 0.2) is 0 Å². The number of imidazole rings is 1. The second-order valence-corrected chi connectivity index (χ2v) is 7.42. The number of ether oxygens (including phenoxy) is 1. The van der Waals surface area contributed by atoms with Gasteiger partial charge in [0, 0.05) is 30.7 Å². The maximum absolute atomic E-state index is 14.8. The molecule has 1 aliphatic heterocycles. The van der Waals surface area contributed by atoms with Crippen LogP contribution < -0.4 is 5.69 Å². The zero-order chi connectivity index (χ0) is 21.4. The summed E-state index contributed by atoms with van der Waals surface area (Å²) in [6, 6.07) is 2.91. The molecule has 8 heteroatoms. The molecule has 1 fully saturated rings. The normalized spacial score (nSPS) is 18.3. The van der Waals surface area contributed by atoms with Crippen molar-refractivity contribution in [3.05, 3.63) is 58.3 Å². The highest BCUT2D eigenvalue weighted by Gasteiger charge is 2.24. The van der Waals surface area contributed by atoms with E-state index in [4.69, 9.17) is 4.74 Å². The van der Waals surface area contributed by atoms with Crippen LogP contribution in [0.15, 0.2) is 46.2 Å². The minimum absolute atomic E-state index is 0.0959. The standard InChI is InChI=1S/C22H22F2N4O2/c1-13(6-7-20(24)25-2)15-9-16-18(10-17(15)23)26-11-19-21(16)28(22(29)27(19)3)14-5-4-8-30-12-14/h6-7,9-11,14H,2,4-5,8,12H2,1,3H3/b13-6+,20-7-/t14-/m0/s1. The smallest absolute Gasteiger partial charge is 0.329 e. The van der Waals surface area contributed by atoms with Crippen molar-refractivity contribution >= 4 is 34.2 Å². The van der Waals surface area contributed by atoms with Crippen LogP contribution >= 0.6 is 0 Å². The molecular weight excluding hydrogens is 390 g/mol. The zero-order valence-corrected chi connectivity index (χ0v) is 16.9. The van der Waals surface area contributed by atoms with Gasteiger partial charge in [-0.3, -0.25) is 14.1 Å². The zero-order valence-electron chi connectivity index (χ0n) is 16.9. The van der Waals surface area contributed by atoms with Crippen molar-refractivity contribution in [3.8, 4) is 0 Å². The third-order valence-corrected chi connectivity index (χ3v) is 5.55. The van der Waals surface area contributed by atoms with Crippen LogP contribution in [-0.4, -0.2) is 34.0 Å². The molecule has 30 heavy (non-hydrogen) atoms. The summed E-state index contributed by atoms with van der Waals surface area (Å²) in [6.07, 6.45) is 5.86. The molecule has 0 amide bonds. The summed E-state index contributed by atoms with van der Waals surface area (Å²) in [5.74, 6) is -1.23. The largest absolute Gasteiger partial charge is 0.379 e. The van der Waals surface area contributed by atoms with Crippen molar-refractivity contribution in [2.75, 3.05) is 13.2 Å². The lowest BCUT2D eigenvalue weighted by molar-refractivity contribution is 0.0593. The molecule has 156 valence electrons. The summed E-state index contributed by atoms with van der Waals surface area (Å²) in [6.45, 7) is 5.93. The molecule has 3 aromatic rings. The first-order chi connectivity index (χ1) is 14.4. The number of aliphatic imine (C=N–C) groups is 1. The molecule has 0 saturated carbocycles. The second kappa shape index (κ2) is 7.95. The third-order valence-electron chi connectivity index (χ3n) is 5.55. The van der Waals surface area contributed by atoms with Crippen LogP contribution in [-0.2, 0) is 11.8 Å². The van der Waals surface area contributed by atoms with Gasteiger partial charge in [0.1, 0.15) is 5.82 Å². The average molecular weight is 412 g/mol. The Hall–Kier alpha value is -3.13. The van der Waals surface area contributed by atoms with Crippen LogP contribution in [0.3, 0.4) is 0 Å².